The van der Waals surface area contributed by atoms with Gasteiger partial charge < -0.3 is 19.5 Å². The number of aromatic nitrogens is 4. The molecule has 3 rings (SSSR count). The highest BCUT2D eigenvalue weighted by atomic mass is 35.5. The number of hydrogen-bond donors (Lipinski definition) is 1. The van der Waals surface area contributed by atoms with Gasteiger partial charge in [-0.15, -0.1) is 0 Å². The van der Waals surface area contributed by atoms with E-state index in [-0.39, 0.29) is 18.4 Å². The lowest BCUT2D eigenvalue weighted by Gasteiger charge is -2.24. The lowest BCUT2D eigenvalue weighted by Crippen LogP contribution is -2.36. The van der Waals surface area contributed by atoms with Crippen LogP contribution < -0.4 is 5.32 Å². The molecule has 3 heterocycles. The summed E-state index contributed by atoms with van der Waals surface area (Å²) in [7, 11) is 0. The SMILES string of the molecule is CCn1cnc2c(N[C@@H]3CN(C(=O)OC(C)(C)C)C[C@H]3F)nc(Cl)nc21. The van der Waals surface area contributed by atoms with E-state index in [1.165, 1.54) is 4.90 Å². The molecule has 0 radical (unpaired) electrons. The van der Waals surface area contributed by atoms with E-state index in [1.807, 2.05) is 11.5 Å². The molecular weight excluding hydrogens is 363 g/mol. The summed E-state index contributed by atoms with van der Waals surface area (Å²) in [6, 6.07) is -0.636. The average Bonchev–Trinajstić information content (AvgIpc) is 3.09. The first kappa shape index (κ1) is 18.6. The smallest absolute Gasteiger partial charge is 0.410 e. The van der Waals surface area contributed by atoms with Crippen molar-refractivity contribution >= 4 is 34.7 Å². The Hall–Kier alpha value is -2.16. The molecule has 0 saturated carbocycles. The van der Waals surface area contributed by atoms with Crippen LogP contribution in [-0.2, 0) is 11.3 Å². The van der Waals surface area contributed by atoms with Crippen molar-refractivity contribution in [1.29, 1.82) is 0 Å². The number of halogens is 2. The van der Waals surface area contributed by atoms with Crippen LogP contribution in [0.25, 0.3) is 11.2 Å². The molecule has 0 spiro atoms. The maximum atomic E-state index is 14.5. The van der Waals surface area contributed by atoms with Gasteiger partial charge in [0.15, 0.2) is 17.0 Å². The Morgan fingerprint density at radius 1 is 1.42 bits per heavy atom. The molecule has 1 saturated heterocycles. The number of likely N-dealkylation sites (tertiary alicyclic amines) is 1. The summed E-state index contributed by atoms with van der Waals surface area (Å²) in [6.45, 7) is 8.06. The zero-order valence-corrected chi connectivity index (χ0v) is 15.9. The Kier molecular flexibility index (Phi) is 4.92. The third-order valence-electron chi connectivity index (χ3n) is 4.00. The number of imidazole rings is 1. The molecule has 1 amide bonds. The van der Waals surface area contributed by atoms with E-state index in [4.69, 9.17) is 16.3 Å². The maximum absolute atomic E-state index is 14.5. The Morgan fingerprint density at radius 3 is 2.81 bits per heavy atom. The van der Waals surface area contributed by atoms with Crippen molar-refractivity contribution < 1.29 is 13.9 Å². The minimum atomic E-state index is -1.26. The minimum absolute atomic E-state index is 0.0437. The van der Waals surface area contributed by atoms with Crippen LogP contribution in [0.3, 0.4) is 0 Å². The Balaban J connectivity index is 1.78. The van der Waals surface area contributed by atoms with Crippen LogP contribution in [0, 0.1) is 0 Å². The van der Waals surface area contributed by atoms with Gasteiger partial charge in [0.25, 0.3) is 0 Å². The first-order valence-corrected chi connectivity index (χ1v) is 8.82. The Bertz CT molecular complexity index is 821. The molecule has 2 atom stereocenters. The number of amides is 1. The average molecular weight is 385 g/mol. The number of rotatable bonds is 3. The molecule has 8 nitrogen and oxygen atoms in total. The van der Waals surface area contributed by atoms with Crippen molar-refractivity contribution in [2.75, 3.05) is 18.4 Å². The van der Waals surface area contributed by atoms with Crippen molar-refractivity contribution in [2.24, 2.45) is 0 Å². The molecule has 142 valence electrons. The topological polar surface area (TPSA) is 85.2 Å². The van der Waals surface area contributed by atoms with E-state index < -0.39 is 23.9 Å². The normalized spacial score (nSPS) is 20.6. The van der Waals surface area contributed by atoms with Crippen LogP contribution in [0.4, 0.5) is 15.0 Å². The van der Waals surface area contributed by atoms with Crippen LogP contribution in [-0.4, -0.2) is 61.4 Å². The number of nitrogens with one attached hydrogen (secondary N) is 1. The molecule has 10 heteroatoms. The van der Waals surface area contributed by atoms with Gasteiger partial charge in [0.2, 0.25) is 5.28 Å². The van der Waals surface area contributed by atoms with Gasteiger partial charge in [-0.25, -0.2) is 14.2 Å². The molecule has 0 aromatic carbocycles. The van der Waals surface area contributed by atoms with Crippen molar-refractivity contribution in [3.8, 4) is 0 Å². The number of carbonyl (C=O) groups is 1. The lowest BCUT2D eigenvalue weighted by atomic mass is 10.2. The highest BCUT2D eigenvalue weighted by Crippen LogP contribution is 2.25. The summed E-state index contributed by atoms with van der Waals surface area (Å²) >= 11 is 6.00. The van der Waals surface area contributed by atoms with Gasteiger partial charge in [-0.05, 0) is 39.3 Å². The molecule has 26 heavy (non-hydrogen) atoms. The minimum Gasteiger partial charge on any atom is -0.444 e. The van der Waals surface area contributed by atoms with E-state index in [9.17, 15) is 9.18 Å². The summed E-state index contributed by atoms with van der Waals surface area (Å²) < 4.78 is 21.6. The maximum Gasteiger partial charge on any atom is 0.410 e. The summed E-state index contributed by atoms with van der Waals surface area (Å²) in [6.07, 6.45) is -0.166. The third kappa shape index (κ3) is 3.82. The third-order valence-corrected chi connectivity index (χ3v) is 4.17. The number of aryl methyl sites for hydroxylation is 1. The molecule has 1 fully saturated rings. The van der Waals surface area contributed by atoms with E-state index in [0.29, 0.717) is 23.5 Å². The highest BCUT2D eigenvalue weighted by Gasteiger charge is 2.38. The van der Waals surface area contributed by atoms with Gasteiger partial charge in [0.05, 0.1) is 18.9 Å². The molecule has 1 aliphatic rings. The second-order valence-electron chi connectivity index (χ2n) is 7.20. The number of ether oxygens (including phenoxy) is 1. The fourth-order valence-corrected chi connectivity index (χ4v) is 2.97. The van der Waals surface area contributed by atoms with E-state index in [0.717, 1.165) is 0 Å². The lowest BCUT2D eigenvalue weighted by molar-refractivity contribution is 0.0283. The predicted molar refractivity (Wildman–Crippen MR) is 96.1 cm³/mol. The quantitative estimate of drug-likeness (QED) is 0.819. The monoisotopic (exact) mass is 384 g/mol. The number of nitrogens with zero attached hydrogens (tertiary/aromatic N) is 5. The zero-order valence-electron chi connectivity index (χ0n) is 15.2. The number of anilines is 1. The van der Waals surface area contributed by atoms with Crippen molar-refractivity contribution in [3.63, 3.8) is 0 Å². The van der Waals surface area contributed by atoms with Crippen molar-refractivity contribution in [1.82, 2.24) is 24.4 Å². The van der Waals surface area contributed by atoms with Gasteiger partial charge in [0, 0.05) is 13.1 Å². The molecule has 0 unspecified atom stereocenters. The Morgan fingerprint density at radius 2 is 2.15 bits per heavy atom. The largest absolute Gasteiger partial charge is 0.444 e. The van der Waals surface area contributed by atoms with Gasteiger partial charge in [-0.2, -0.15) is 9.97 Å². The van der Waals surface area contributed by atoms with Gasteiger partial charge in [-0.1, -0.05) is 0 Å². The van der Waals surface area contributed by atoms with Gasteiger partial charge in [0.1, 0.15) is 11.8 Å². The van der Waals surface area contributed by atoms with Crippen LogP contribution >= 0.6 is 11.6 Å². The molecule has 1 aliphatic heterocycles. The Labute approximate surface area is 155 Å². The van der Waals surface area contributed by atoms with Crippen LogP contribution in [0.2, 0.25) is 5.28 Å². The summed E-state index contributed by atoms with van der Waals surface area (Å²) in [5.41, 5.74) is 0.458. The molecule has 2 aromatic heterocycles. The number of carbonyl (C=O) groups excluding carboxylic acids is 1. The summed E-state index contributed by atoms with van der Waals surface area (Å²) in [4.78, 5) is 26.1. The second kappa shape index (κ2) is 6.86. The van der Waals surface area contributed by atoms with Crippen molar-refractivity contribution in [2.45, 2.75) is 52.1 Å². The second-order valence-corrected chi connectivity index (χ2v) is 7.53. The molecule has 0 aliphatic carbocycles. The fraction of sp³-hybridized carbons (Fsp3) is 0.625. The predicted octanol–water partition coefficient (Wildman–Crippen LogP) is 2.87. The van der Waals surface area contributed by atoms with Crippen LogP contribution in [0.5, 0.6) is 0 Å². The molecule has 1 N–H and O–H groups in total. The van der Waals surface area contributed by atoms with Crippen LogP contribution in [0.15, 0.2) is 6.33 Å². The number of hydrogen-bond acceptors (Lipinski definition) is 6. The van der Waals surface area contributed by atoms with E-state index >= 15 is 0 Å². The number of alkyl halides is 1. The van der Waals surface area contributed by atoms with Gasteiger partial charge >= 0.3 is 6.09 Å². The summed E-state index contributed by atoms with van der Waals surface area (Å²) in [5, 5.41) is 3.07. The molecule has 0 bridgehead atoms. The fourth-order valence-electron chi connectivity index (χ4n) is 2.80. The highest BCUT2D eigenvalue weighted by molar-refractivity contribution is 6.28. The van der Waals surface area contributed by atoms with E-state index in [1.54, 1.807) is 27.1 Å². The van der Waals surface area contributed by atoms with Gasteiger partial charge in [-0.3, -0.25) is 0 Å². The first-order chi connectivity index (χ1) is 12.2. The number of fused-ring (bicyclic) bond motifs is 1. The zero-order chi connectivity index (χ0) is 19.1. The first-order valence-electron chi connectivity index (χ1n) is 8.45. The van der Waals surface area contributed by atoms with E-state index in [2.05, 4.69) is 20.3 Å². The van der Waals surface area contributed by atoms with Crippen molar-refractivity contribution in [3.05, 3.63) is 11.6 Å². The molecular formula is C16H22ClFN6O2. The van der Waals surface area contributed by atoms with Crippen LogP contribution in [0.1, 0.15) is 27.7 Å². The summed E-state index contributed by atoms with van der Waals surface area (Å²) in [5.74, 6) is 0.353. The standard InChI is InChI=1S/C16H22ClFN6O2/c1-5-23-8-19-11-12(21-14(17)22-13(11)23)20-10-7-24(6-9(10)18)15(25)26-16(2,3)4/h8-10H,5-7H2,1-4H3,(H,20,21,22)/t9-,10-/m1/s1. The molecule has 2 aromatic rings.